The van der Waals surface area contributed by atoms with E-state index in [0.717, 1.165) is 55.0 Å². The van der Waals surface area contributed by atoms with Crippen molar-refractivity contribution in [3.05, 3.63) is 66.2 Å². The maximum atomic E-state index is 13.6. The number of nitrogens with zero attached hydrogens (tertiary/aromatic N) is 4. The number of aromatic nitrogens is 6. The molecule has 0 atom stereocenters. The standard InChI is InChI=1S/C22H14FN7S/c23-19-5-4-18(31-19)13-2-1-3-15-20(13)28-22(27-15)21-14-7-16(26-10-17(14)29-30-21)11-6-12(24)9-25-8-11/h1-10H,24H2,(H,27,28)(H,29,30). The van der Waals surface area contributed by atoms with Gasteiger partial charge >= 0.3 is 0 Å². The van der Waals surface area contributed by atoms with Gasteiger partial charge in [-0.2, -0.15) is 9.49 Å². The Balaban J connectivity index is 1.51. The molecule has 0 amide bonds. The van der Waals surface area contributed by atoms with Crippen molar-refractivity contribution in [3.63, 3.8) is 0 Å². The van der Waals surface area contributed by atoms with Crippen LogP contribution >= 0.6 is 11.3 Å². The number of imidazole rings is 1. The molecule has 0 aliphatic carbocycles. The summed E-state index contributed by atoms with van der Waals surface area (Å²) in [5, 5.41) is 8.12. The number of para-hydroxylation sites is 1. The van der Waals surface area contributed by atoms with E-state index in [1.54, 1.807) is 24.7 Å². The highest BCUT2D eigenvalue weighted by Gasteiger charge is 2.17. The Labute approximate surface area is 178 Å². The van der Waals surface area contributed by atoms with Crippen molar-refractivity contribution in [1.82, 2.24) is 30.1 Å². The lowest BCUT2D eigenvalue weighted by molar-refractivity contribution is 0.657. The van der Waals surface area contributed by atoms with Gasteiger partial charge in [-0.3, -0.25) is 15.1 Å². The lowest BCUT2D eigenvalue weighted by atomic mass is 10.1. The zero-order valence-electron chi connectivity index (χ0n) is 15.9. The van der Waals surface area contributed by atoms with Crippen molar-refractivity contribution in [2.24, 2.45) is 0 Å². The lowest BCUT2D eigenvalue weighted by Crippen LogP contribution is -1.90. The number of nitrogen functional groups attached to an aromatic ring is 1. The molecule has 0 aliphatic rings. The Morgan fingerprint density at radius 1 is 1.00 bits per heavy atom. The minimum Gasteiger partial charge on any atom is -0.397 e. The van der Waals surface area contributed by atoms with Crippen LogP contribution in [-0.4, -0.2) is 30.1 Å². The van der Waals surface area contributed by atoms with Gasteiger partial charge < -0.3 is 10.7 Å². The summed E-state index contributed by atoms with van der Waals surface area (Å²) >= 11 is 1.10. The van der Waals surface area contributed by atoms with E-state index in [2.05, 4.69) is 25.1 Å². The quantitative estimate of drug-likeness (QED) is 0.368. The minimum absolute atomic E-state index is 0.225. The molecule has 9 heteroatoms. The fourth-order valence-corrected chi connectivity index (χ4v) is 4.41. The Hall–Kier alpha value is -4.11. The van der Waals surface area contributed by atoms with E-state index < -0.39 is 0 Å². The second kappa shape index (κ2) is 6.71. The van der Waals surface area contributed by atoms with Crippen LogP contribution in [0.2, 0.25) is 0 Å². The molecular weight excluding hydrogens is 413 g/mol. The van der Waals surface area contributed by atoms with Gasteiger partial charge in [-0.15, -0.1) is 11.3 Å². The van der Waals surface area contributed by atoms with E-state index in [0.29, 0.717) is 17.2 Å². The summed E-state index contributed by atoms with van der Waals surface area (Å²) in [7, 11) is 0. The molecule has 0 aliphatic heterocycles. The summed E-state index contributed by atoms with van der Waals surface area (Å²) in [4.78, 5) is 17.6. The van der Waals surface area contributed by atoms with Crippen molar-refractivity contribution >= 4 is 39.0 Å². The summed E-state index contributed by atoms with van der Waals surface area (Å²) in [5.74, 6) is 0.619. The van der Waals surface area contributed by atoms with Crippen LogP contribution in [0.4, 0.5) is 10.1 Å². The number of nitrogens with two attached hydrogens (primary N) is 1. The third-order valence-electron chi connectivity index (χ3n) is 5.08. The SMILES string of the molecule is Nc1cncc(-c2cc3c(-c4nc5c(-c6ccc(F)s6)cccc5[nH]4)n[nH]c3cn2)c1. The highest BCUT2D eigenvalue weighted by Crippen LogP contribution is 2.35. The summed E-state index contributed by atoms with van der Waals surface area (Å²) < 4.78 is 13.6. The van der Waals surface area contributed by atoms with Gasteiger partial charge in [-0.25, -0.2) is 4.98 Å². The highest BCUT2D eigenvalue weighted by molar-refractivity contribution is 7.14. The largest absolute Gasteiger partial charge is 0.397 e. The first-order valence-corrected chi connectivity index (χ1v) is 10.3. The highest BCUT2D eigenvalue weighted by atomic mass is 32.1. The summed E-state index contributed by atoms with van der Waals surface area (Å²) in [5.41, 5.74) is 12.0. The van der Waals surface area contributed by atoms with Crippen LogP contribution in [0.1, 0.15) is 0 Å². The van der Waals surface area contributed by atoms with Crippen molar-refractivity contribution in [2.75, 3.05) is 5.73 Å². The van der Waals surface area contributed by atoms with Crippen LogP contribution in [0.3, 0.4) is 0 Å². The molecule has 1 aromatic carbocycles. The maximum Gasteiger partial charge on any atom is 0.176 e. The predicted octanol–water partition coefficient (Wildman–Crippen LogP) is 5.01. The van der Waals surface area contributed by atoms with Crippen molar-refractivity contribution in [2.45, 2.75) is 0 Å². The van der Waals surface area contributed by atoms with Crippen molar-refractivity contribution in [1.29, 1.82) is 0 Å². The molecule has 150 valence electrons. The molecule has 5 aromatic heterocycles. The average Bonchev–Trinajstić information content (AvgIpc) is 3.50. The minimum atomic E-state index is -0.225. The monoisotopic (exact) mass is 427 g/mol. The van der Waals surface area contributed by atoms with Crippen LogP contribution < -0.4 is 5.73 Å². The second-order valence-corrected chi connectivity index (χ2v) is 8.12. The smallest absolute Gasteiger partial charge is 0.176 e. The number of halogens is 1. The Bertz CT molecular complexity index is 1580. The second-order valence-electron chi connectivity index (χ2n) is 7.09. The van der Waals surface area contributed by atoms with Crippen molar-refractivity contribution < 1.29 is 4.39 Å². The van der Waals surface area contributed by atoms with E-state index in [1.165, 1.54) is 6.07 Å². The molecule has 6 aromatic rings. The van der Waals surface area contributed by atoms with Crippen LogP contribution in [0.25, 0.3) is 55.2 Å². The molecule has 0 unspecified atom stereocenters. The summed E-state index contributed by atoms with van der Waals surface area (Å²) in [6.07, 6.45) is 5.04. The van der Waals surface area contributed by atoms with Gasteiger partial charge in [-0.1, -0.05) is 12.1 Å². The normalized spacial score (nSPS) is 11.5. The topological polar surface area (TPSA) is 109 Å². The molecule has 0 bridgehead atoms. The molecular formula is C22H14FN7S. The van der Waals surface area contributed by atoms with Crippen LogP contribution in [0.15, 0.2) is 61.1 Å². The molecule has 4 N–H and O–H groups in total. The molecule has 7 nitrogen and oxygen atoms in total. The molecule has 0 saturated carbocycles. The van der Waals surface area contributed by atoms with Crippen LogP contribution in [-0.2, 0) is 0 Å². The Kier molecular flexibility index (Phi) is 3.84. The fourth-order valence-electron chi connectivity index (χ4n) is 3.66. The van der Waals surface area contributed by atoms with Gasteiger partial charge in [0.1, 0.15) is 5.69 Å². The zero-order chi connectivity index (χ0) is 20.9. The third-order valence-corrected chi connectivity index (χ3v) is 5.99. The van der Waals surface area contributed by atoms with E-state index >= 15 is 0 Å². The van der Waals surface area contributed by atoms with E-state index in [-0.39, 0.29) is 5.13 Å². The maximum absolute atomic E-state index is 13.6. The van der Waals surface area contributed by atoms with Gasteiger partial charge in [0.15, 0.2) is 11.0 Å². The van der Waals surface area contributed by atoms with Crippen LogP contribution in [0, 0.1) is 5.13 Å². The first kappa shape index (κ1) is 17.7. The van der Waals surface area contributed by atoms with Crippen LogP contribution in [0.5, 0.6) is 0 Å². The third kappa shape index (κ3) is 2.94. The Morgan fingerprint density at radius 2 is 1.94 bits per heavy atom. The van der Waals surface area contributed by atoms with Gasteiger partial charge in [0, 0.05) is 33.8 Å². The fraction of sp³-hybridized carbons (Fsp3) is 0. The number of thiophene rings is 1. The Morgan fingerprint density at radius 3 is 2.77 bits per heavy atom. The molecule has 0 radical (unpaired) electrons. The number of anilines is 1. The zero-order valence-corrected chi connectivity index (χ0v) is 16.7. The molecule has 6 rings (SSSR count). The molecule has 0 fully saturated rings. The number of fused-ring (bicyclic) bond motifs is 2. The van der Waals surface area contributed by atoms with Gasteiger partial charge in [0.2, 0.25) is 0 Å². The number of hydrogen-bond acceptors (Lipinski definition) is 6. The number of H-pyrrole nitrogens is 2. The van der Waals surface area contributed by atoms with E-state index in [1.807, 2.05) is 30.3 Å². The van der Waals surface area contributed by atoms with E-state index in [9.17, 15) is 4.39 Å². The molecule has 31 heavy (non-hydrogen) atoms. The molecule has 0 saturated heterocycles. The number of nitrogens with one attached hydrogen (secondary N) is 2. The first-order chi connectivity index (χ1) is 15.2. The predicted molar refractivity (Wildman–Crippen MR) is 120 cm³/mol. The molecule has 0 spiro atoms. The lowest BCUT2D eigenvalue weighted by Gasteiger charge is -2.02. The number of pyridine rings is 2. The summed E-state index contributed by atoms with van der Waals surface area (Å²) in [6.45, 7) is 0. The van der Waals surface area contributed by atoms with Gasteiger partial charge in [0.25, 0.3) is 0 Å². The van der Waals surface area contributed by atoms with Gasteiger partial charge in [0.05, 0.1) is 34.1 Å². The first-order valence-electron chi connectivity index (χ1n) is 9.45. The number of rotatable bonds is 3. The summed E-state index contributed by atoms with van der Waals surface area (Å²) in [6, 6.07) is 12.8. The molecule has 5 heterocycles. The average molecular weight is 427 g/mol. The number of aromatic amines is 2. The number of benzene rings is 1. The van der Waals surface area contributed by atoms with E-state index in [4.69, 9.17) is 10.7 Å². The van der Waals surface area contributed by atoms with Crippen molar-refractivity contribution in [3.8, 4) is 33.2 Å². The van der Waals surface area contributed by atoms with Gasteiger partial charge in [-0.05, 0) is 30.3 Å². The number of hydrogen-bond donors (Lipinski definition) is 3.